The molecule has 0 spiro atoms. The van der Waals surface area contributed by atoms with Gasteiger partial charge in [-0.05, 0) is 54.1 Å². The molecule has 156 valence electrons. The number of nitrogens with one attached hydrogen (secondary N) is 1. The number of pyridine rings is 1. The highest BCUT2D eigenvalue weighted by Crippen LogP contribution is 2.37. The molecule has 0 aliphatic heterocycles. The Morgan fingerprint density at radius 3 is 2.42 bits per heavy atom. The van der Waals surface area contributed by atoms with Crippen molar-refractivity contribution in [2.24, 2.45) is 7.05 Å². The number of carbonyl (C=O) groups is 1. The van der Waals surface area contributed by atoms with Gasteiger partial charge in [-0.3, -0.25) is 14.5 Å². The normalized spacial score (nSPS) is 10.8. The van der Waals surface area contributed by atoms with E-state index in [1.807, 2.05) is 0 Å². The van der Waals surface area contributed by atoms with Gasteiger partial charge in [-0.2, -0.15) is 5.10 Å². The number of aryl methyl sites for hydroxylation is 1. The average molecular weight is 439 g/mol. The lowest BCUT2D eigenvalue weighted by atomic mass is 10.0. The van der Waals surface area contributed by atoms with Crippen molar-refractivity contribution < 1.29 is 13.6 Å². The minimum Gasteiger partial charge on any atom is -0.310 e. The molecule has 1 N–H and O–H groups in total. The van der Waals surface area contributed by atoms with Crippen LogP contribution in [0.5, 0.6) is 0 Å². The number of aromatic nitrogens is 3. The molecule has 0 atom stereocenters. The third kappa shape index (κ3) is 4.32. The third-order valence-corrected chi connectivity index (χ3v) is 5.14. The summed E-state index contributed by atoms with van der Waals surface area (Å²) in [6.45, 7) is 0. The largest absolute Gasteiger partial charge is 0.310 e. The molecule has 0 fully saturated rings. The van der Waals surface area contributed by atoms with Crippen molar-refractivity contribution in [1.29, 1.82) is 0 Å². The fourth-order valence-corrected chi connectivity index (χ4v) is 3.54. The standard InChI is InChI=1S/C23H17ClF2N4O/c1-30-23(28-20(31)13-17-18(24)3-2-4-19(17)26)21(14-9-11-27-12-10-14)22(29-30)15-5-7-16(25)8-6-15/h2-12H,13H2,1H3,(H,28,31). The minimum absolute atomic E-state index is 0.119. The summed E-state index contributed by atoms with van der Waals surface area (Å²) < 4.78 is 29.1. The lowest BCUT2D eigenvalue weighted by molar-refractivity contribution is -0.115. The Morgan fingerprint density at radius 1 is 1.03 bits per heavy atom. The molecule has 0 aliphatic rings. The maximum Gasteiger partial charge on any atom is 0.230 e. The first-order valence-corrected chi connectivity index (χ1v) is 9.78. The van der Waals surface area contributed by atoms with E-state index in [0.29, 0.717) is 22.6 Å². The quantitative estimate of drug-likeness (QED) is 0.462. The fraction of sp³-hybridized carbons (Fsp3) is 0.0870. The molecule has 0 aliphatic carbocycles. The van der Waals surface area contributed by atoms with Crippen LogP contribution in [0.4, 0.5) is 14.6 Å². The first-order chi connectivity index (χ1) is 14.9. The summed E-state index contributed by atoms with van der Waals surface area (Å²) in [7, 11) is 1.68. The molecular weight excluding hydrogens is 422 g/mol. The second kappa shape index (κ2) is 8.65. The van der Waals surface area contributed by atoms with Gasteiger partial charge < -0.3 is 5.32 Å². The third-order valence-electron chi connectivity index (χ3n) is 4.79. The predicted octanol–water partition coefficient (Wildman–Crippen LogP) is 5.26. The Bertz CT molecular complexity index is 1220. The number of hydrogen-bond donors (Lipinski definition) is 1. The molecule has 4 aromatic rings. The number of carbonyl (C=O) groups excluding carboxylic acids is 1. The van der Waals surface area contributed by atoms with Crippen molar-refractivity contribution in [2.45, 2.75) is 6.42 Å². The van der Waals surface area contributed by atoms with E-state index in [4.69, 9.17) is 11.6 Å². The molecule has 2 heterocycles. The first-order valence-electron chi connectivity index (χ1n) is 9.40. The van der Waals surface area contributed by atoms with Gasteiger partial charge in [0.15, 0.2) is 0 Å². The zero-order valence-electron chi connectivity index (χ0n) is 16.4. The summed E-state index contributed by atoms with van der Waals surface area (Å²) in [6, 6.07) is 13.8. The van der Waals surface area contributed by atoms with E-state index in [-0.39, 0.29) is 22.8 Å². The number of amides is 1. The van der Waals surface area contributed by atoms with Crippen LogP contribution in [-0.2, 0) is 18.3 Å². The summed E-state index contributed by atoms with van der Waals surface area (Å²) in [5.74, 6) is -0.937. The van der Waals surface area contributed by atoms with Gasteiger partial charge in [-0.25, -0.2) is 8.78 Å². The van der Waals surface area contributed by atoms with Crippen LogP contribution in [0.3, 0.4) is 0 Å². The van der Waals surface area contributed by atoms with Crippen LogP contribution in [0.25, 0.3) is 22.4 Å². The Morgan fingerprint density at radius 2 is 1.74 bits per heavy atom. The minimum atomic E-state index is -0.547. The summed E-state index contributed by atoms with van der Waals surface area (Å²) >= 11 is 6.06. The van der Waals surface area contributed by atoms with E-state index in [2.05, 4.69) is 15.4 Å². The van der Waals surface area contributed by atoms with Crippen LogP contribution in [0, 0.1) is 11.6 Å². The molecule has 0 radical (unpaired) electrons. The molecule has 2 aromatic heterocycles. The van der Waals surface area contributed by atoms with E-state index in [0.717, 1.165) is 5.56 Å². The van der Waals surface area contributed by atoms with E-state index in [1.165, 1.54) is 35.0 Å². The number of nitrogens with zero attached hydrogens (tertiary/aromatic N) is 3. The van der Waals surface area contributed by atoms with Crippen LogP contribution < -0.4 is 5.32 Å². The topological polar surface area (TPSA) is 59.8 Å². The maximum absolute atomic E-state index is 14.1. The van der Waals surface area contributed by atoms with Crippen molar-refractivity contribution >= 4 is 23.3 Å². The highest BCUT2D eigenvalue weighted by atomic mass is 35.5. The van der Waals surface area contributed by atoms with E-state index in [1.54, 1.807) is 43.7 Å². The summed E-state index contributed by atoms with van der Waals surface area (Å²) in [6.07, 6.45) is 3.02. The van der Waals surface area contributed by atoms with E-state index < -0.39 is 11.7 Å². The molecule has 0 saturated carbocycles. The maximum atomic E-state index is 14.1. The molecular formula is C23H17ClF2N4O. The molecule has 0 bridgehead atoms. The second-order valence-electron chi connectivity index (χ2n) is 6.86. The SMILES string of the molecule is Cn1nc(-c2ccc(F)cc2)c(-c2ccncc2)c1NC(=O)Cc1c(F)cccc1Cl. The van der Waals surface area contributed by atoms with Crippen LogP contribution in [0.15, 0.2) is 67.0 Å². The van der Waals surface area contributed by atoms with Crippen LogP contribution in [0.2, 0.25) is 5.02 Å². The highest BCUT2D eigenvalue weighted by molar-refractivity contribution is 6.31. The number of rotatable bonds is 5. The van der Waals surface area contributed by atoms with Crippen molar-refractivity contribution in [3.63, 3.8) is 0 Å². The van der Waals surface area contributed by atoms with Crippen LogP contribution >= 0.6 is 11.6 Å². The zero-order chi connectivity index (χ0) is 22.0. The summed E-state index contributed by atoms with van der Waals surface area (Å²) in [5, 5.41) is 7.55. The van der Waals surface area contributed by atoms with Crippen LogP contribution in [0.1, 0.15) is 5.56 Å². The van der Waals surface area contributed by atoms with Gasteiger partial charge in [-0.15, -0.1) is 0 Å². The molecule has 4 rings (SSSR count). The summed E-state index contributed by atoms with van der Waals surface area (Å²) in [5.41, 5.74) is 2.77. The zero-order valence-corrected chi connectivity index (χ0v) is 17.2. The van der Waals surface area contributed by atoms with Gasteiger partial charge in [0.05, 0.1) is 12.0 Å². The molecule has 5 nitrogen and oxygen atoms in total. The second-order valence-corrected chi connectivity index (χ2v) is 7.27. The Kier molecular flexibility index (Phi) is 5.77. The number of halogens is 3. The lowest BCUT2D eigenvalue weighted by Crippen LogP contribution is -2.18. The predicted molar refractivity (Wildman–Crippen MR) is 116 cm³/mol. The Labute approximate surface area is 182 Å². The smallest absolute Gasteiger partial charge is 0.230 e. The molecule has 1 amide bonds. The van der Waals surface area contributed by atoms with Crippen LogP contribution in [-0.4, -0.2) is 20.7 Å². The average Bonchev–Trinajstić information content (AvgIpc) is 3.08. The van der Waals surface area contributed by atoms with Gasteiger partial charge in [0.1, 0.15) is 23.1 Å². The Hall–Kier alpha value is -3.58. The van der Waals surface area contributed by atoms with Crippen molar-refractivity contribution in [3.8, 4) is 22.4 Å². The number of hydrogen-bond acceptors (Lipinski definition) is 3. The van der Waals surface area contributed by atoms with Gasteiger partial charge in [0.25, 0.3) is 0 Å². The van der Waals surface area contributed by atoms with Gasteiger partial charge >= 0.3 is 0 Å². The van der Waals surface area contributed by atoms with Crippen molar-refractivity contribution in [2.75, 3.05) is 5.32 Å². The highest BCUT2D eigenvalue weighted by Gasteiger charge is 2.22. The number of benzene rings is 2. The molecule has 2 aromatic carbocycles. The molecule has 0 unspecified atom stereocenters. The van der Waals surface area contributed by atoms with E-state index >= 15 is 0 Å². The fourth-order valence-electron chi connectivity index (χ4n) is 3.31. The summed E-state index contributed by atoms with van der Waals surface area (Å²) in [4.78, 5) is 16.8. The Balaban J connectivity index is 1.75. The molecule has 31 heavy (non-hydrogen) atoms. The lowest BCUT2D eigenvalue weighted by Gasteiger charge is -2.11. The van der Waals surface area contributed by atoms with Gasteiger partial charge in [0.2, 0.25) is 5.91 Å². The first kappa shape index (κ1) is 20.7. The van der Waals surface area contributed by atoms with Crippen molar-refractivity contribution in [1.82, 2.24) is 14.8 Å². The van der Waals surface area contributed by atoms with Gasteiger partial charge in [0, 0.05) is 35.6 Å². The number of anilines is 1. The van der Waals surface area contributed by atoms with Crippen molar-refractivity contribution in [3.05, 3.63) is 89.2 Å². The molecule has 8 heteroatoms. The van der Waals surface area contributed by atoms with Gasteiger partial charge in [-0.1, -0.05) is 17.7 Å². The molecule has 0 saturated heterocycles. The monoisotopic (exact) mass is 438 g/mol. The van der Waals surface area contributed by atoms with E-state index in [9.17, 15) is 13.6 Å².